The molecule has 0 radical (unpaired) electrons. The summed E-state index contributed by atoms with van der Waals surface area (Å²) in [6.07, 6.45) is 2.48. The van der Waals surface area contributed by atoms with Crippen LogP contribution in [0.1, 0.15) is 52.0 Å². The first-order valence-corrected chi connectivity index (χ1v) is 16.3. The topological polar surface area (TPSA) is 172 Å². The van der Waals surface area contributed by atoms with Crippen LogP contribution in [0.25, 0.3) is 0 Å². The van der Waals surface area contributed by atoms with Gasteiger partial charge in [-0.15, -0.1) is 0 Å². The Hall–Kier alpha value is -5.99. The zero-order chi connectivity index (χ0) is 37.3. The molecule has 0 spiro atoms. The van der Waals surface area contributed by atoms with Crippen molar-refractivity contribution in [3.63, 3.8) is 0 Å². The molecule has 1 unspecified atom stereocenters. The SMILES string of the molecule is C=CC(=O)OCCCCOC(=O)Oc1ccc(C(=O)Oc2ccc(OC(=O)c3ccc(O[C@@H]4OC4OCCCCOC(=O)C=C)cc3)cc2C)cc1. The summed E-state index contributed by atoms with van der Waals surface area (Å²) in [5, 5.41) is 0. The quantitative estimate of drug-likeness (QED) is 0.0252. The largest absolute Gasteiger partial charge is 0.513 e. The van der Waals surface area contributed by atoms with Crippen molar-refractivity contribution in [2.75, 3.05) is 26.4 Å². The molecule has 0 aromatic heterocycles. The summed E-state index contributed by atoms with van der Waals surface area (Å²) in [4.78, 5) is 59.4. The molecule has 14 nitrogen and oxygen atoms in total. The van der Waals surface area contributed by atoms with Gasteiger partial charge < -0.3 is 42.6 Å². The molecule has 274 valence electrons. The van der Waals surface area contributed by atoms with Crippen LogP contribution in [0.15, 0.2) is 92.0 Å². The van der Waals surface area contributed by atoms with Gasteiger partial charge in [-0.25, -0.2) is 24.0 Å². The van der Waals surface area contributed by atoms with E-state index in [2.05, 4.69) is 13.2 Å². The Labute approximate surface area is 299 Å². The number of unbranched alkanes of at least 4 members (excludes halogenated alkanes) is 2. The number of carbonyl (C=O) groups excluding carboxylic acids is 5. The average molecular weight is 719 g/mol. The van der Waals surface area contributed by atoms with E-state index in [0.29, 0.717) is 43.6 Å². The second-order valence-corrected chi connectivity index (χ2v) is 11.0. The molecule has 2 atom stereocenters. The van der Waals surface area contributed by atoms with Crippen molar-refractivity contribution in [1.29, 1.82) is 0 Å². The van der Waals surface area contributed by atoms with Crippen LogP contribution in [0.3, 0.4) is 0 Å². The van der Waals surface area contributed by atoms with Crippen molar-refractivity contribution < 1.29 is 66.6 Å². The first kappa shape index (κ1) is 38.8. The first-order chi connectivity index (χ1) is 25.1. The highest BCUT2D eigenvalue weighted by molar-refractivity contribution is 5.92. The maximum atomic E-state index is 12.8. The molecule has 3 aromatic carbocycles. The number of ether oxygens (including phenoxy) is 9. The van der Waals surface area contributed by atoms with Gasteiger partial charge in [0, 0.05) is 12.2 Å². The Morgan fingerprint density at radius 2 is 1.13 bits per heavy atom. The highest BCUT2D eigenvalue weighted by Gasteiger charge is 2.42. The van der Waals surface area contributed by atoms with Crippen LogP contribution in [0.4, 0.5) is 4.79 Å². The van der Waals surface area contributed by atoms with Crippen LogP contribution in [-0.2, 0) is 33.3 Å². The second-order valence-electron chi connectivity index (χ2n) is 11.0. The van der Waals surface area contributed by atoms with Gasteiger partial charge in [-0.05, 0) is 105 Å². The van der Waals surface area contributed by atoms with Gasteiger partial charge in [-0.2, -0.15) is 0 Å². The lowest BCUT2D eigenvalue weighted by Crippen LogP contribution is -2.13. The number of hydrogen-bond donors (Lipinski definition) is 0. The fourth-order valence-electron chi connectivity index (χ4n) is 4.23. The van der Waals surface area contributed by atoms with E-state index in [-0.39, 0.29) is 48.2 Å². The van der Waals surface area contributed by atoms with Crippen LogP contribution in [0.2, 0.25) is 0 Å². The molecular weight excluding hydrogens is 680 g/mol. The smallest absolute Gasteiger partial charge is 0.463 e. The predicted molar refractivity (Wildman–Crippen MR) is 182 cm³/mol. The van der Waals surface area contributed by atoms with Crippen LogP contribution < -0.4 is 18.9 Å². The molecule has 0 bridgehead atoms. The number of rotatable bonds is 20. The second kappa shape index (κ2) is 20.0. The minimum Gasteiger partial charge on any atom is -0.463 e. The third-order valence-corrected chi connectivity index (χ3v) is 7.01. The van der Waals surface area contributed by atoms with Gasteiger partial charge in [0.05, 0.1) is 37.6 Å². The van der Waals surface area contributed by atoms with Crippen molar-refractivity contribution >= 4 is 30.0 Å². The number of benzene rings is 3. The zero-order valence-electron chi connectivity index (χ0n) is 28.4. The summed E-state index contributed by atoms with van der Waals surface area (Å²) < 4.78 is 47.4. The number of aryl methyl sites for hydroxylation is 1. The summed E-state index contributed by atoms with van der Waals surface area (Å²) in [6.45, 7) is 9.29. The van der Waals surface area contributed by atoms with E-state index >= 15 is 0 Å². The average Bonchev–Trinajstić information content (AvgIpc) is 3.89. The first-order valence-electron chi connectivity index (χ1n) is 16.3. The third kappa shape index (κ3) is 13.0. The molecule has 0 saturated carbocycles. The van der Waals surface area contributed by atoms with Crippen molar-refractivity contribution in [1.82, 2.24) is 0 Å². The van der Waals surface area contributed by atoms with Gasteiger partial charge in [0.1, 0.15) is 23.0 Å². The van der Waals surface area contributed by atoms with Gasteiger partial charge in [0.15, 0.2) is 0 Å². The van der Waals surface area contributed by atoms with Crippen LogP contribution in [0.5, 0.6) is 23.0 Å². The normalized spacial score (nSPS) is 14.2. The fraction of sp³-hybridized carbons (Fsp3) is 0.289. The summed E-state index contributed by atoms with van der Waals surface area (Å²) >= 11 is 0. The highest BCUT2D eigenvalue weighted by Crippen LogP contribution is 2.29. The summed E-state index contributed by atoms with van der Waals surface area (Å²) in [6, 6.07) is 16.6. The Kier molecular flexibility index (Phi) is 14.9. The molecule has 1 heterocycles. The lowest BCUT2D eigenvalue weighted by atomic mass is 10.2. The van der Waals surface area contributed by atoms with E-state index in [4.69, 9.17) is 42.6 Å². The number of epoxide rings is 1. The molecule has 1 fully saturated rings. The summed E-state index contributed by atoms with van der Waals surface area (Å²) in [5.41, 5.74) is 1.03. The fourth-order valence-corrected chi connectivity index (χ4v) is 4.23. The minimum absolute atomic E-state index is 0.0751. The molecule has 1 saturated heterocycles. The molecule has 1 aliphatic rings. The van der Waals surface area contributed by atoms with Crippen molar-refractivity contribution in [2.24, 2.45) is 0 Å². The monoisotopic (exact) mass is 718 g/mol. The zero-order valence-corrected chi connectivity index (χ0v) is 28.4. The lowest BCUT2D eigenvalue weighted by molar-refractivity contribution is -0.138. The van der Waals surface area contributed by atoms with Crippen molar-refractivity contribution in [3.8, 4) is 23.0 Å². The van der Waals surface area contributed by atoms with E-state index in [9.17, 15) is 24.0 Å². The molecule has 52 heavy (non-hydrogen) atoms. The Morgan fingerprint density at radius 1 is 0.615 bits per heavy atom. The molecule has 3 aromatic rings. The minimum atomic E-state index is -0.916. The van der Waals surface area contributed by atoms with Crippen LogP contribution in [-0.4, -0.2) is 69.0 Å². The summed E-state index contributed by atoms with van der Waals surface area (Å²) in [5.74, 6) is -1.09. The maximum Gasteiger partial charge on any atom is 0.513 e. The van der Waals surface area contributed by atoms with Gasteiger partial charge in [0.25, 0.3) is 6.29 Å². The van der Waals surface area contributed by atoms with E-state index < -0.39 is 42.6 Å². The van der Waals surface area contributed by atoms with Crippen molar-refractivity contribution in [3.05, 3.63) is 109 Å². The molecule has 1 aliphatic heterocycles. The lowest BCUT2D eigenvalue weighted by Gasteiger charge is -2.11. The van der Waals surface area contributed by atoms with Crippen LogP contribution in [0, 0.1) is 6.92 Å². The van der Waals surface area contributed by atoms with Crippen molar-refractivity contribution in [2.45, 2.75) is 45.2 Å². The van der Waals surface area contributed by atoms with Gasteiger partial charge in [-0.1, -0.05) is 13.2 Å². The van der Waals surface area contributed by atoms with Gasteiger partial charge in [-0.3, -0.25) is 0 Å². The van der Waals surface area contributed by atoms with Gasteiger partial charge in [0.2, 0.25) is 6.29 Å². The van der Waals surface area contributed by atoms with E-state index in [1.54, 1.807) is 37.3 Å². The van der Waals surface area contributed by atoms with E-state index in [0.717, 1.165) is 12.2 Å². The van der Waals surface area contributed by atoms with Gasteiger partial charge >= 0.3 is 30.0 Å². The number of hydrogen-bond acceptors (Lipinski definition) is 14. The maximum absolute atomic E-state index is 12.8. The van der Waals surface area contributed by atoms with E-state index in [1.807, 2.05) is 0 Å². The molecular formula is C38H38O14. The number of esters is 4. The Balaban J connectivity index is 1.15. The standard InChI is InChI=1S/C38H38O14/c1-4-32(39)44-20-6-8-22-46-36-37(52-36)49-28-14-10-26(11-15-28)34(41)48-30-18-19-31(25(3)24-30)51-35(42)27-12-16-29(17-13-27)50-38(43)47-23-9-7-21-45-33(40)5-2/h4-5,10-19,24,36-37H,1-2,6-9,20-23H2,3H3/t36?,37-/m1/s1. The molecule has 0 aliphatic carbocycles. The molecule has 4 rings (SSSR count). The molecule has 14 heteroatoms. The number of carbonyl (C=O) groups is 5. The molecule has 0 amide bonds. The Bertz CT molecular complexity index is 1710. The predicted octanol–water partition coefficient (Wildman–Crippen LogP) is 6.05. The third-order valence-electron chi connectivity index (χ3n) is 7.01. The van der Waals surface area contributed by atoms with Crippen LogP contribution >= 0.6 is 0 Å². The Morgan fingerprint density at radius 3 is 1.71 bits per heavy atom. The molecule has 0 N–H and O–H groups in total. The highest BCUT2D eigenvalue weighted by atomic mass is 16.9. The summed E-state index contributed by atoms with van der Waals surface area (Å²) in [7, 11) is 0. The van der Waals surface area contributed by atoms with E-state index in [1.165, 1.54) is 36.4 Å².